The van der Waals surface area contributed by atoms with Crippen molar-refractivity contribution >= 4 is 28.6 Å². The highest BCUT2D eigenvalue weighted by molar-refractivity contribution is 6.28. The van der Waals surface area contributed by atoms with Crippen molar-refractivity contribution in [3.8, 4) is 0 Å². The van der Waals surface area contributed by atoms with Crippen molar-refractivity contribution in [1.29, 1.82) is 0 Å². The molecule has 4 rings (SSSR count). The Bertz CT molecular complexity index is 826. The zero-order chi connectivity index (χ0) is 16.4. The second kappa shape index (κ2) is 6.73. The molecular formula is C17H19ClN6. The fourth-order valence-corrected chi connectivity index (χ4v) is 3.49. The third-order valence-electron chi connectivity index (χ3n) is 4.54. The number of halogens is 1. The van der Waals surface area contributed by atoms with E-state index in [1.54, 1.807) is 6.20 Å². The van der Waals surface area contributed by atoms with Gasteiger partial charge in [-0.05, 0) is 36.1 Å². The average Bonchev–Trinajstić information content (AvgIpc) is 3.05. The summed E-state index contributed by atoms with van der Waals surface area (Å²) in [5.41, 5.74) is 2.66. The van der Waals surface area contributed by atoms with Gasteiger partial charge in [0.1, 0.15) is 0 Å². The maximum absolute atomic E-state index is 6.16. The van der Waals surface area contributed by atoms with Gasteiger partial charge in [-0.15, -0.1) is 0 Å². The van der Waals surface area contributed by atoms with Crippen molar-refractivity contribution in [2.45, 2.75) is 44.7 Å². The number of nitrogens with one attached hydrogen (secondary N) is 1. The Labute approximate surface area is 145 Å². The summed E-state index contributed by atoms with van der Waals surface area (Å²) < 4.78 is 2.16. The summed E-state index contributed by atoms with van der Waals surface area (Å²) in [6.45, 7) is 0.618. The first-order valence-electron chi connectivity index (χ1n) is 8.34. The van der Waals surface area contributed by atoms with Crippen molar-refractivity contribution < 1.29 is 0 Å². The highest BCUT2D eigenvalue weighted by Gasteiger charge is 2.20. The molecule has 3 heterocycles. The molecule has 0 radical (unpaired) electrons. The lowest BCUT2D eigenvalue weighted by Gasteiger charge is -2.23. The molecule has 3 aromatic heterocycles. The number of pyridine rings is 1. The first-order valence-corrected chi connectivity index (χ1v) is 8.72. The molecule has 24 heavy (non-hydrogen) atoms. The van der Waals surface area contributed by atoms with Crippen LogP contribution in [0.5, 0.6) is 0 Å². The van der Waals surface area contributed by atoms with Gasteiger partial charge < -0.3 is 9.88 Å². The molecule has 3 aromatic rings. The topological polar surface area (TPSA) is 68.5 Å². The number of hydrogen-bond donors (Lipinski definition) is 1. The Morgan fingerprint density at radius 3 is 2.88 bits per heavy atom. The number of rotatable bonds is 4. The van der Waals surface area contributed by atoms with Gasteiger partial charge in [-0.25, -0.2) is 4.98 Å². The van der Waals surface area contributed by atoms with Gasteiger partial charge in [0.05, 0.1) is 6.33 Å². The Hall–Kier alpha value is -2.21. The van der Waals surface area contributed by atoms with E-state index in [1.165, 1.54) is 32.1 Å². The van der Waals surface area contributed by atoms with Crippen molar-refractivity contribution in [1.82, 2.24) is 24.5 Å². The van der Waals surface area contributed by atoms with E-state index in [0.29, 0.717) is 18.4 Å². The Morgan fingerprint density at radius 2 is 2.08 bits per heavy atom. The second-order valence-electron chi connectivity index (χ2n) is 6.17. The number of aromatic nitrogens is 5. The molecule has 1 N–H and O–H groups in total. The minimum absolute atomic E-state index is 0.244. The molecule has 0 amide bonds. The first-order chi connectivity index (χ1) is 11.8. The lowest BCUT2D eigenvalue weighted by atomic mass is 9.95. The summed E-state index contributed by atoms with van der Waals surface area (Å²) in [6.07, 6.45) is 11.6. The summed E-state index contributed by atoms with van der Waals surface area (Å²) in [7, 11) is 0. The van der Waals surface area contributed by atoms with Crippen LogP contribution in [0.25, 0.3) is 11.2 Å². The van der Waals surface area contributed by atoms with Crippen LogP contribution in [0.2, 0.25) is 5.28 Å². The van der Waals surface area contributed by atoms with Crippen molar-refractivity contribution in [3.63, 3.8) is 0 Å². The predicted octanol–water partition coefficient (Wildman–Crippen LogP) is 3.99. The smallest absolute Gasteiger partial charge is 0.226 e. The largest absolute Gasteiger partial charge is 0.364 e. The number of imidazole rings is 1. The van der Waals surface area contributed by atoms with Gasteiger partial charge in [-0.2, -0.15) is 9.97 Å². The van der Waals surface area contributed by atoms with Crippen LogP contribution >= 0.6 is 11.6 Å². The maximum Gasteiger partial charge on any atom is 0.226 e. The summed E-state index contributed by atoms with van der Waals surface area (Å²) in [5.74, 6) is 0.670. The van der Waals surface area contributed by atoms with Gasteiger partial charge in [0, 0.05) is 25.0 Å². The van der Waals surface area contributed by atoms with E-state index in [1.807, 2.05) is 24.7 Å². The van der Waals surface area contributed by atoms with Crippen LogP contribution in [0, 0.1) is 0 Å². The van der Waals surface area contributed by atoms with E-state index in [4.69, 9.17) is 11.6 Å². The third-order valence-corrected chi connectivity index (χ3v) is 4.71. The van der Waals surface area contributed by atoms with E-state index in [2.05, 4.69) is 29.8 Å². The Morgan fingerprint density at radius 1 is 1.21 bits per heavy atom. The van der Waals surface area contributed by atoms with Crippen molar-refractivity contribution in [3.05, 3.63) is 41.7 Å². The van der Waals surface area contributed by atoms with Crippen LogP contribution < -0.4 is 5.32 Å². The molecule has 0 aliphatic heterocycles. The molecule has 0 atom stereocenters. The highest BCUT2D eigenvalue weighted by atomic mass is 35.5. The second-order valence-corrected chi connectivity index (χ2v) is 6.51. The quantitative estimate of drug-likeness (QED) is 0.726. The van der Waals surface area contributed by atoms with Crippen LogP contribution in [-0.2, 0) is 6.54 Å². The molecule has 1 aliphatic rings. The number of anilines is 1. The molecule has 0 bridgehead atoms. The Kier molecular flexibility index (Phi) is 4.30. The zero-order valence-electron chi connectivity index (χ0n) is 13.3. The third kappa shape index (κ3) is 3.06. The summed E-state index contributed by atoms with van der Waals surface area (Å²) in [4.78, 5) is 17.4. The fraction of sp³-hybridized carbons (Fsp3) is 0.412. The van der Waals surface area contributed by atoms with E-state index in [9.17, 15) is 0 Å². The summed E-state index contributed by atoms with van der Waals surface area (Å²) in [5, 5.41) is 3.55. The fourth-order valence-electron chi connectivity index (χ4n) is 3.33. The van der Waals surface area contributed by atoms with E-state index < -0.39 is 0 Å². The van der Waals surface area contributed by atoms with Gasteiger partial charge in [0.25, 0.3) is 0 Å². The molecular weight excluding hydrogens is 324 g/mol. The van der Waals surface area contributed by atoms with Crippen LogP contribution in [0.1, 0.15) is 43.7 Å². The van der Waals surface area contributed by atoms with Gasteiger partial charge in [-0.3, -0.25) is 4.98 Å². The lowest BCUT2D eigenvalue weighted by molar-refractivity contribution is 0.358. The van der Waals surface area contributed by atoms with E-state index in [-0.39, 0.29) is 5.28 Å². The molecule has 124 valence electrons. The highest BCUT2D eigenvalue weighted by Crippen LogP contribution is 2.31. The molecule has 1 saturated carbocycles. The Balaban J connectivity index is 1.64. The van der Waals surface area contributed by atoms with Crippen LogP contribution in [0.3, 0.4) is 0 Å². The van der Waals surface area contributed by atoms with E-state index >= 15 is 0 Å². The predicted molar refractivity (Wildman–Crippen MR) is 94.0 cm³/mol. The van der Waals surface area contributed by atoms with Crippen LogP contribution in [0.15, 0.2) is 30.9 Å². The normalized spacial score (nSPS) is 15.7. The molecule has 0 unspecified atom stereocenters. The number of hydrogen-bond acceptors (Lipinski definition) is 5. The van der Waals surface area contributed by atoms with Gasteiger partial charge in [0.15, 0.2) is 17.0 Å². The van der Waals surface area contributed by atoms with E-state index in [0.717, 1.165) is 16.7 Å². The standard InChI is InChI=1S/C17H19ClN6/c18-17-22-15(20-10-12-5-4-8-19-9-12)14-16(23-17)24(11-21-14)13-6-2-1-3-7-13/h4-5,8-9,11,13H,1-3,6-7,10H2,(H,20,22,23). The molecule has 0 aromatic carbocycles. The molecule has 1 fully saturated rings. The molecule has 0 spiro atoms. The number of fused-ring (bicyclic) bond motifs is 1. The SMILES string of the molecule is Clc1nc(NCc2cccnc2)c2ncn(C3CCCCC3)c2n1. The van der Waals surface area contributed by atoms with Crippen molar-refractivity contribution in [2.24, 2.45) is 0 Å². The zero-order valence-corrected chi connectivity index (χ0v) is 14.1. The molecule has 1 aliphatic carbocycles. The first kappa shape index (κ1) is 15.3. The summed E-state index contributed by atoms with van der Waals surface area (Å²) in [6, 6.07) is 4.39. The number of nitrogens with zero attached hydrogens (tertiary/aromatic N) is 5. The monoisotopic (exact) mass is 342 g/mol. The van der Waals surface area contributed by atoms with Crippen LogP contribution in [0.4, 0.5) is 5.82 Å². The van der Waals surface area contributed by atoms with Gasteiger partial charge >= 0.3 is 0 Å². The average molecular weight is 343 g/mol. The van der Waals surface area contributed by atoms with Crippen molar-refractivity contribution in [2.75, 3.05) is 5.32 Å². The minimum Gasteiger partial charge on any atom is -0.364 e. The van der Waals surface area contributed by atoms with Gasteiger partial charge in [-0.1, -0.05) is 25.3 Å². The van der Waals surface area contributed by atoms with Gasteiger partial charge in [0.2, 0.25) is 5.28 Å². The molecule has 6 nitrogen and oxygen atoms in total. The molecule has 0 saturated heterocycles. The van der Waals surface area contributed by atoms with Crippen LogP contribution in [-0.4, -0.2) is 24.5 Å². The maximum atomic E-state index is 6.16. The molecule has 7 heteroatoms. The summed E-state index contributed by atoms with van der Waals surface area (Å²) >= 11 is 6.16. The minimum atomic E-state index is 0.244. The lowest BCUT2D eigenvalue weighted by Crippen LogP contribution is -2.12.